The van der Waals surface area contributed by atoms with E-state index in [1.807, 2.05) is 12.1 Å². The molecule has 5 heteroatoms. The number of nitrogens with zero attached hydrogens (tertiary/aromatic N) is 1. The smallest absolute Gasteiger partial charge is 0.271 e. The summed E-state index contributed by atoms with van der Waals surface area (Å²) in [5, 5.41) is 13.5. The lowest BCUT2D eigenvalue weighted by Crippen LogP contribution is -2.18. The van der Waals surface area contributed by atoms with Crippen LogP contribution in [0.25, 0.3) is 6.08 Å². The number of nitrogens with one attached hydrogen (secondary N) is 1. The first kappa shape index (κ1) is 19.2. The van der Waals surface area contributed by atoms with Crippen molar-refractivity contribution in [2.75, 3.05) is 7.11 Å². The standard InChI is InChI=1S/C21H24N2O3/c1-21(2,3)17-10-8-16(9-11-17)20(25)23-22-13-5-6-15-7-12-18(24)19(14-15)26-4/h5-14,24H,1-4H3,(H,23,25)/b6-5+,22-13+. The number of carbonyl (C=O) groups excluding carboxylic acids is 1. The number of ether oxygens (including phenoxy) is 1. The lowest BCUT2D eigenvalue weighted by molar-refractivity contribution is 0.0955. The van der Waals surface area contributed by atoms with Crippen LogP contribution in [-0.2, 0) is 5.41 Å². The van der Waals surface area contributed by atoms with E-state index in [0.717, 1.165) is 5.56 Å². The molecule has 1 amide bonds. The summed E-state index contributed by atoms with van der Waals surface area (Å²) in [5.41, 5.74) is 5.11. The van der Waals surface area contributed by atoms with Crippen molar-refractivity contribution in [1.82, 2.24) is 5.43 Å². The Bertz CT molecular complexity index is 816. The Morgan fingerprint density at radius 2 is 1.85 bits per heavy atom. The highest BCUT2D eigenvalue weighted by molar-refractivity contribution is 5.94. The van der Waals surface area contributed by atoms with Crippen molar-refractivity contribution in [2.24, 2.45) is 5.10 Å². The SMILES string of the molecule is COc1cc(/C=C/C=N/NC(=O)c2ccc(C(C)(C)C)cc2)ccc1O. The summed E-state index contributed by atoms with van der Waals surface area (Å²) in [7, 11) is 1.49. The molecular formula is C21H24N2O3. The number of hydrogen-bond donors (Lipinski definition) is 2. The van der Waals surface area contributed by atoms with Gasteiger partial charge in [-0.1, -0.05) is 45.0 Å². The monoisotopic (exact) mass is 352 g/mol. The van der Waals surface area contributed by atoms with Crippen molar-refractivity contribution < 1.29 is 14.6 Å². The number of hydrogen-bond acceptors (Lipinski definition) is 4. The number of aromatic hydroxyl groups is 1. The fraction of sp³-hybridized carbons (Fsp3) is 0.238. The largest absolute Gasteiger partial charge is 0.504 e. The fourth-order valence-electron chi connectivity index (χ4n) is 2.28. The third-order valence-corrected chi connectivity index (χ3v) is 3.83. The predicted molar refractivity (Wildman–Crippen MR) is 105 cm³/mol. The predicted octanol–water partition coefficient (Wildman–Crippen LogP) is 4.13. The first-order chi connectivity index (χ1) is 12.3. The molecule has 2 aromatic rings. The van der Waals surface area contributed by atoms with Crippen molar-refractivity contribution in [2.45, 2.75) is 26.2 Å². The second-order valence-electron chi connectivity index (χ2n) is 6.84. The summed E-state index contributed by atoms with van der Waals surface area (Å²) in [6, 6.07) is 12.5. The van der Waals surface area contributed by atoms with Gasteiger partial charge in [-0.3, -0.25) is 4.79 Å². The average Bonchev–Trinajstić information content (AvgIpc) is 2.62. The van der Waals surface area contributed by atoms with E-state index >= 15 is 0 Å². The van der Waals surface area contributed by atoms with E-state index in [1.165, 1.54) is 18.9 Å². The molecule has 0 saturated heterocycles. The number of phenols is 1. The zero-order chi connectivity index (χ0) is 19.2. The van der Waals surface area contributed by atoms with Gasteiger partial charge in [-0.05, 0) is 46.9 Å². The van der Waals surface area contributed by atoms with Crippen LogP contribution in [0.2, 0.25) is 0 Å². The van der Waals surface area contributed by atoms with Crippen molar-refractivity contribution >= 4 is 18.2 Å². The summed E-state index contributed by atoms with van der Waals surface area (Å²) >= 11 is 0. The van der Waals surface area contributed by atoms with Gasteiger partial charge in [-0.15, -0.1) is 0 Å². The van der Waals surface area contributed by atoms with E-state index in [1.54, 1.807) is 42.5 Å². The van der Waals surface area contributed by atoms with E-state index in [4.69, 9.17) is 4.74 Å². The Hall–Kier alpha value is -3.08. The highest BCUT2D eigenvalue weighted by Gasteiger charge is 2.14. The summed E-state index contributed by atoms with van der Waals surface area (Å²) in [6.45, 7) is 6.38. The number of carbonyl (C=O) groups is 1. The van der Waals surface area contributed by atoms with Crippen LogP contribution < -0.4 is 10.2 Å². The Balaban J connectivity index is 1.92. The lowest BCUT2D eigenvalue weighted by atomic mass is 9.87. The summed E-state index contributed by atoms with van der Waals surface area (Å²) < 4.78 is 5.05. The van der Waals surface area contributed by atoms with E-state index in [-0.39, 0.29) is 17.1 Å². The number of amides is 1. The molecule has 0 unspecified atom stereocenters. The second kappa shape index (κ2) is 8.34. The Morgan fingerprint density at radius 3 is 2.46 bits per heavy atom. The molecule has 2 aromatic carbocycles. The molecule has 0 radical (unpaired) electrons. The number of allylic oxidation sites excluding steroid dienone is 1. The van der Waals surface area contributed by atoms with Crippen molar-refractivity contribution in [3.63, 3.8) is 0 Å². The second-order valence-corrected chi connectivity index (χ2v) is 6.84. The molecule has 5 nitrogen and oxygen atoms in total. The molecule has 0 aliphatic rings. The molecule has 0 bridgehead atoms. The van der Waals surface area contributed by atoms with Crippen molar-refractivity contribution in [3.05, 3.63) is 65.2 Å². The number of hydrazone groups is 1. The molecule has 0 atom stereocenters. The van der Waals surface area contributed by atoms with Crippen molar-refractivity contribution in [3.8, 4) is 11.5 Å². The Morgan fingerprint density at radius 1 is 1.15 bits per heavy atom. The van der Waals surface area contributed by atoms with E-state index in [9.17, 15) is 9.90 Å². The summed E-state index contributed by atoms with van der Waals surface area (Å²) in [5.74, 6) is 0.223. The molecule has 26 heavy (non-hydrogen) atoms. The third kappa shape index (κ3) is 5.21. The van der Waals surface area contributed by atoms with Gasteiger partial charge >= 0.3 is 0 Å². The molecule has 0 aliphatic carbocycles. The normalized spacial score (nSPS) is 11.8. The van der Waals surface area contributed by atoms with Crippen LogP contribution in [0.15, 0.2) is 53.6 Å². The number of phenolic OH excluding ortho intramolecular Hbond substituents is 1. The van der Waals surface area contributed by atoms with Gasteiger partial charge in [0.1, 0.15) is 0 Å². The first-order valence-corrected chi connectivity index (χ1v) is 8.29. The van der Waals surface area contributed by atoms with Crippen LogP contribution in [0, 0.1) is 0 Å². The Kier molecular flexibility index (Phi) is 6.17. The van der Waals surface area contributed by atoms with Gasteiger partial charge in [0.2, 0.25) is 0 Å². The quantitative estimate of drug-likeness (QED) is 0.628. The Labute approximate surface area is 154 Å². The van der Waals surface area contributed by atoms with Crippen LogP contribution in [0.3, 0.4) is 0 Å². The van der Waals surface area contributed by atoms with Crippen LogP contribution in [-0.4, -0.2) is 24.3 Å². The molecule has 136 valence electrons. The molecule has 0 fully saturated rings. The first-order valence-electron chi connectivity index (χ1n) is 8.29. The van der Waals surface area contributed by atoms with Gasteiger partial charge in [0.05, 0.1) is 7.11 Å². The third-order valence-electron chi connectivity index (χ3n) is 3.83. The number of methoxy groups -OCH3 is 1. The minimum absolute atomic E-state index is 0.0505. The zero-order valence-electron chi connectivity index (χ0n) is 15.5. The summed E-state index contributed by atoms with van der Waals surface area (Å²) in [4.78, 5) is 12.1. The molecule has 0 aromatic heterocycles. The maximum absolute atomic E-state index is 12.1. The lowest BCUT2D eigenvalue weighted by Gasteiger charge is -2.18. The van der Waals surface area contributed by atoms with Gasteiger partial charge in [0.15, 0.2) is 11.5 Å². The summed E-state index contributed by atoms with van der Waals surface area (Å²) in [6.07, 6.45) is 4.96. The molecule has 0 heterocycles. The molecule has 2 N–H and O–H groups in total. The van der Waals surface area contributed by atoms with Gasteiger partial charge in [0.25, 0.3) is 5.91 Å². The maximum Gasteiger partial charge on any atom is 0.271 e. The molecule has 0 saturated carbocycles. The van der Waals surface area contributed by atoms with Crippen LogP contribution in [0.4, 0.5) is 0 Å². The van der Waals surface area contributed by atoms with E-state index in [2.05, 4.69) is 31.3 Å². The molecule has 0 aliphatic heterocycles. The van der Waals surface area contributed by atoms with Crippen LogP contribution >= 0.6 is 0 Å². The highest BCUT2D eigenvalue weighted by Crippen LogP contribution is 2.26. The van der Waals surface area contributed by atoms with Gasteiger partial charge < -0.3 is 9.84 Å². The van der Waals surface area contributed by atoms with E-state index in [0.29, 0.717) is 11.3 Å². The van der Waals surface area contributed by atoms with Gasteiger partial charge in [-0.2, -0.15) is 5.10 Å². The van der Waals surface area contributed by atoms with Gasteiger partial charge in [-0.25, -0.2) is 5.43 Å². The van der Waals surface area contributed by atoms with Gasteiger partial charge in [0, 0.05) is 11.8 Å². The highest BCUT2D eigenvalue weighted by atomic mass is 16.5. The van der Waals surface area contributed by atoms with Crippen LogP contribution in [0.5, 0.6) is 11.5 Å². The maximum atomic E-state index is 12.1. The fourth-order valence-corrected chi connectivity index (χ4v) is 2.28. The molecule has 2 rings (SSSR count). The molecule has 0 spiro atoms. The molecular weight excluding hydrogens is 328 g/mol. The number of rotatable bonds is 5. The number of benzene rings is 2. The van der Waals surface area contributed by atoms with E-state index < -0.39 is 0 Å². The zero-order valence-corrected chi connectivity index (χ0v) is 15.5. The average molecular weight is 352 g/mol. The topological polar surface area (TPSA) is 70.9 Å². The minimum atomic E-state index is -0.263. The minimum Gasteiger partial charge on any atom is -0.504 e. The van der Waals surface area contributed by atoms with Crippen molar-refractivity contribution in [1.29, 1.82) is 0 Å². The van der Waals surface area contributed by atoms with Crippen LogP contribution in [0.1, 0.15) is 42.3 Å².